The van der Waals surface area contributed by atoms with Crippen LogP contribution < -0.4 is 0 Å². The van der Waals surface area contributed by atoms with Crippen LogP contribution in [0.5, 0.6) is 0 Å². The molecule has 1 fully saturated rings. The monoisotopic (exact) mass is 318 g/mol. The molecular weight excluding hydrogens is 300 g/mol. The van der Waals surface area contributed by atoms with E-state index in [1.165, 1.54) is 18.5 Å². The zero-order valence-electron chi connectivity index (χ0n) is 10.7. The van der Waals surface area contributed by atoms with Gasteiger partial charge < -0.3 is 0 Å². The summed E-state index contributed by atoms with van der Waals surface area (Å²) in [4.78, 5) is 0.671. The van der Waals surface area contributed by atoms with Gasteiger partial charge in [-0.25, -0.2) is 0 Å². The highest BCUT2D eigenvalue weighted by Crippen LogP contribution is 2.39. The first-order valence-corrected chi connectivity index (χ1v) is 7.68. The van der Waals surface area contributed by atoms with Crippen LogP contribution in [0.25, 0.3) is 0 Å². The summed E-state index contributed by atoms with van der Waals surface area (Å²) in [5.74, 6) is 1.46. The van der Waals surface area contributed by atoms with Crippen molar-refractivity contribution < 1.29 is 0 Å². The van der Waals surface area contributed by atoms with Crippen molar-refractivity contribution in [1.29, 1.82) is 0 Å². The molecule has 3 unspecified atom stereocenters. The summed E-state index contributed by atoms with van der Waals surface area (Å²) in [6.07, 6.45) is 4.54. The Labute approximate surface area is 117 Å². The molecule has 2 rings (SSSR count). The van der Waals surface area contributed by atoms with E-state index in [4.69, 9.17) is 11.6 Å². The van der Waals surface area contributed by atoms with Crippen LogP contribution in [0, 0.1) is 11.8 Å². The molecule has 1 aliphatic rings. The zero-order valence-corrected chi connectivity index (χ0v) is 13.1. The van der Waals surface area contributed by atoms with Crippen LogP contribution in [0.4, 0.5) is 0 Å². The smallest absolute Gasteiger partial charge is 0.0849 e. The first-order chi connectivity index (χ1) is 8.04. The largest absolute Gasteiger partial charge is 0.271 e. The van der Waals surface area contributed by atoms with Crippen molar-refractivity contribution in [2.24, 2.45) is 18.9 Å². The van der Waals surface area contributed by atoms with Crippen LogP contribution in [0.1, 0.15) is 38.1 Å². The van der Waals surface area contributed by atoms with E-state index in [9.17, 15) is 0 Å². The third-order valence-corrected chi connectivity index (χ3v) is 5.81. The molecule has 1 aromatic rings. The highest BCUT2D eigenvalue weighted by atomic mass is 79.9. The predicted molar refractivity (Wildman–Crippen MR) is 75.9 cm³/mol. The third kappa shape index (κ3) is 2.55. The van der Waals surface area contributed by atoms with Crippen molar-refractivity contribution in [1.82, 2.24) is 9.78 Å². The molecule has 96 valence electrons. The Morgan fingerprint density at radius 1 is 1.47 bits per heavy atom. The second-order valence-corrected chi connectivity index (χ2v) is 6.66. The first kappa shape index (κ1) is 13.4. The highest BCUT2D eigenvalue weighted by Gasteiger charge is 2.32. The lowest BCUT2D eigenvalue weighted by Crippen LogP contribution is -2.15. The van der Waals surface area contributed by atoms with Gasteiger partial charge in [0.15, 0.2) is 0 Å². The Balaban J connectivity index is 2.16. The maximum absolute atomic E-state index is 6.40. The molecule has 0 amide bonds. The van der Waals surface area contributed by atoms with Gasteiger partial charge in [0.05, 0.1) is 16.4 Å². The third-order valence-electron chi connectivity index (χ3n) is 4.09. The predicted octanol–water partition coefficient (Wildman–Crippen LogP) is 3.99. The minimum absolute atomic E-state index is 0.671. The quantitative estimate of drug-likeness (QED) is 0.770. The van der Waals surface area contributed by atoms with Gasteiger partial charge in [-0.15, -0.1) is 0 Å². The fraction of sp³-hybridized carbons (Fsp3) is 0.769. The number of rotatable bonds is 3. The van der Waals surface area contributed by atoms with E-state index in [1.807, 2.05) is 11.7 Å². The molecule has 1 aliphatic carbocycles. The van der Waals surface area contributed by atoms with E-state index in [-0.39, 0.29) is 0 Å². The number of halogens is 2. The van der Waals surface area contributed by atoms with Crippen LogP contribution in [0.15, 0.2) is 0 Å². The Kier molecular flexibility index (Phi) is 4.19. The highest BCUT2D eigenvalue weighted by molar-refractivity contribution is 9.09. The molecule has 0 radical (unpaired) electrons. The van der Waals surface area contributed by atoms with Crippen molar-refractivity contribution >= 4 is 27.5 Å². The lowest BCUT2D eigenvalue weighted by molar-refractivity contribution is 0.413. The second-order valence-electron chi connectivity index (χ2n) is 5.10. The molecule has 0 bridgehead atoms. The van der Waals surface area contributed by atoms with Crippen molar-refractivity contribution in [3.8, 4) is 0 Å². The molecule has 0 aliphatic heterocycles. The summed E-state index contributed by atoms with van der Waals surface area (Å²) in [6.45, 7) is 4.44. The summed E-state index contributed by atoms with van der Waals surface area (Å²) in [5.41, 5.74) is 2.24. The molecule has 2 nitrogen and oxygen atoms in total. The maximum atomic E-state index is 6.40. The molecule has 0 saturated heterocycles. The molecule has 1 aromatic heterocycles. The molecule has 3 atom stereocenters. The van der Waals surface area contributed by atoms with Gasteiger partial charge in [-0.2, -0.15) is 5.10 Å². The average molecular weight is 320 g/mol. The summed E-state index contributed by atoms with van der Waals surface area (Å²) >= 11 is 10.2. The van der Waals surface area contributed by atoms with Gasteiger partial charge in [-0.1, -0.05) is 41.4 Å². The molecule has 1 heterocycles. The maximum Gasteiger partial charge on any atom is 0.0849 e. The average Bonchev–Trinajstić information content (AvgIpc) is 2.76. The summed E-state index contributed by atoms with van der Waals surface area (Å²) in [5, 5.41) is 5.38. The molecule has 17 heavy (non-hydrogen) atoms. The number of hydrogen-bond donors (Lipinski definition) is 0. The van der Waals surface area contributed by atoms with E-state index < -0.39 is 0 Å². The van der Waals surface area contributed by atoms with Gasteiger partial charge in [-0.3, -0.25) is 4.68 Å². The molecule has 0 spiro atoms. The van der Waals surface area contributed by atoms with Gasteiger partial charge in [-0.05, 0) is 37.5 Å². The molecule has 0 aromatic carbocycles. The van der Waals surface area contributed by atoms with E-state index in [2.05, 4.69) is 34.9 Å². The standard InChI is InChI=1S/C13H20BrClN2/c1-4-11-13(15)12(17(3)16-11)7-9-5-6-10(14)8(9)2/h8-10H,4-7H2,1-3H3. The Hall–Kier alpha value is -0.0200. The number of nitrogens with zero attached hydrogens (tertiary/aromatic N) is 2. The zero-order chi connectivity index (χ0) is 12.6. The number of alkyl halides is 1. The van der Waals surface area contributed by atoms with Gasteiger partial charge >= 0.3 is 0 Å². The fourth-order valence-corrected chi connectivity index (χ4v) is 3.84. The number of hydrogen-bond acceptors (Lipinski definition) is 1. The SMILES string of the molecule is CCc1nn(C)c(CC2CCC(Br)C2C)c1Cl. The summed E-state index contributed by atoms with van der Waals surface area (Å²) in [7, 11) is 2.01. The van der Waals surface area contributed by atoms with Crippen LogP contribution in [0.3, 0.4) is 0 Å². The minimum atomic E-state index is 0.671. The van der Waals surface area contributed by atoms with Crippen molar-refractivity contribution in [3.63, 3.8) is 0 Å². The summed E-state index contributed by atoms with van der Waals surface area (Å²) in [6, 6.07) is 0. The van der Waals surface area contributed by atoms with Crippen molar-refractivity contribution in [2.75, 3.05) is 0 Å². The normalized spacial score (nSPS) is 28.9. The fourth-order valence-electron chi connectivity index (χ4n) is 2.77. The summed E-state index contributed by atoms with van der Waals surface area (Å²) < 4.78 is 1.97. The van der Waals surface area contributed by atoms with Gasteiger partial charge in [0, 0.05) is 11.9 Å². The Morgan fingerprint density at radius 3 is 2.65 bits per heavy atom. The molecule has 1 saturated carbocycles. The lowest BCUT2D eigenvalue weighted by atomic mass is 9.93. The van der Waals surface area contributed by atoms with Gasteiger partial charge in [0.1, 0.15) is 0 Å². The van der Waals surface area contributed by atoms with E-state index >= 15 is 0 Å². The van der Waals surface area contributed by atoms with E-state index in [0.29, 0.717) is 4.83 Å². The van der Waals surface area contributed by atoms with Crippen LogP contribution >= 0.6 is 27.5 Å². The second kappa shape index (κ2) is 5.31. The molecule has 0 N–H and O–H groups in total. The molecule has 4 heteroatoms. The van der Waals surface area contributed by atoms with Gasteiger partial charge in [0.25, 0.3) is 0 Å². The van der Waals surface area contributed by atoms with Crippen LogP contribution in [0.2, 0.25) is 5.02 Å². The Morgan fingerprint density at radius 2 is 2.18 bits per heavy atom. The van der Waals surface area contributed by atoms with E-state index in [1.54, 1.807) is 0 Å². The topological polar surface area (TPSA) is 17.8 Å². The van der Waals surface area contributed by atoms with Gasteiger partial charge in [0.2, 0.25) is 0 Å². The number of aryl methyl sites for hydroxylation is 2. The molecular formula is C13H20BrClN2. The van der Waals surface area contributed by atoms with Crippen LogP contribution in [-0.4, -0.2) is 14.6 Å². The Bertz CT molecular complexity index is 402. The first-order valence-electron chi connectivity index (χ1n) is 6.38. The lowest BCUT2D eigenvalue weighted by Gasteiger charge is -2.17. The van der Waals surface area contributed by atoms with Crippen molar-refractivity contribution in [2.45, 2.75) is 44.4 Å². The van der Waals surface area contributed by atoms with E-state index in [0.717, 1.165) is 35.4 Å². The van der Waals surface area contributed by atoms with Crippen molar-refractivity contribution in [3.05, 3.63) is 16.4 Å². The number of aromatic nitrogens is 2. The minimum Gasteiger partial charge on any atom is -0.271 e. The van der Waals surface area contributed by atoms with Crippen LogP contribution in [-0.2, 0) is 19.9 Å².